The van der Waals surface area contributed by atoms with Crippen molar-refractivity contribution in [2.24, 2.45) is 11.8 Å². The highest BCUT2D eigenvalue weighted by atomic mass is 16.5. The Labute approximate surface area is 111 Å². The molecule has 0 saturated heterocycles. The van der Waals surface area contributed by atoms with Crippen LogP contribution in [0.15, 0.2) is 0 Å². The van der Waals surface area contributed by atoms with Crippen LogP contribution >= 0.6 is 0 Å². The number of methoxy groups -OCH3 is 2. The van der Waals surface area contributed by atoms with Gasteiger partial charge in [0.1, 0.15) is 0 Å². The van der Waals surface area contributed by atoms with E-state index in [1.54, 1.807) is 0 Å². The summed E-state index contributed by atoms with van der Waals surface area (Å²) in [6.45, 7) is 0. The minimum atomic E-state index is 0.141. The van der Waals surface area contributed by atoms with Gasteiger partial charge < -0.3 is 9.47 Å². The van der Waals surface area contributed by atoms with Gasteiger partial charge in [-0.3, -0.25) is 0 Å². The van der Waals surface area contributed by atoms with Gasteiger partial charge >= 0.3 is 0 Å². The Morgan fingerprint density at radius 1 is 0.778 bits per heavy atom. The molecule has 0 aromatic heterocycles. The van der Waals surface area contributed by atoms with Crippen LogP contribution in [0.2, 0.25) is 0 Å². The number of hydrogen-bond donors (Lipinski definition) is 0. The third-order valence-electron chi connectivity index (χ3n) is 6.27. The van der Waals surface area contributed by atoms with E-state index >= 15 is 0 Å². The molecule has 3 aliphatic carbocycles. The molecule has 4 unspecified atom stereocenters. The lowest BCUT2D eigenvalue weighted by Crippen LogP contribution is -2.59. The number of hydrogen-bond acceptors (Lipinski definition) is 2. The van der Waals surface area contributed by atoms with Crippen molar-refractivity contribution in [1.29, 1.82) is 0 Å². The first-order valence-corrected chi connectivity index (χ1v) is 7.85. The molecule has 3 rings (SSSR count). The Hall–Kier alpha value is -0.0800. The summed E-state index contributed by atoms with van der Waals surface area (Å²) >= 11 is 0. The predicted octanol–water partition coefficient (Wildman–Crippen LogP) is 3.93. The van der Waals surface area contributed by atoms with Crippen molar-refractivity contribution in [3.63, 3.8) is 0 Å². The molecule has 0 aromatic rings. The highest BCUT2D eigenvalue weighted by molar-refractivity contribution is 5.07. The van der Waals surface area contributed by atoms with Crippen LogP contribution in [0.25, 0.3) is 0 Å². The maximum absolute atomic E-state index is 6.08. The van der Waals surface area contributed by atoms with Gasteiger partial charge in [0.15, 0.2) is 0 Å². The Balaban J connectivity index is 1.88. The van der Waals surface area contributed by atoms with E-state index in [2.05, 4.69) is 0 Å². The van der Waals surface area contributed by atoms with Gasteiger partial charge in [-0.25, -0.2) is 0 Å². The van der Waals surface area contributed by atoms with Crippen LogP contribution in [-0.4, -0.2) is 25.4 Å². The number of rotatable bonds is 2. The minimum absolute atomic E-state index is 0.141. The van der Waals surface area contributed by atoms with E-state index in [9.17, 15) is 0 Å². The fraction of sp³-hybridized carbons (Fsp3) is 1.00. The van der Waals surface area contributed by atoms with Crippen molar-refractivity contribution in [3.05, 3.63) is 0 Å². The molecule has 3 saturated carbocycles. The largest absolute Gasteiger partial charge is 0.378 e. The Morgan fingerprint density at radius 3 is 1.72 bits per heavy atom. The smallest absolute Gasteiger partial charge is 0.0734 e. The summed E-state index contributed by atoms with van der Waals surface area (Å²) in [5.74, 6) is 1.59. The van der Waals surface area contributed by atoms with Crippen molar-refractivity contribution in [2.45, 2.75) is 75.4 Å². The molecule has 0 amide bonds. The molecule has 0 bridgehead atoms. The molecular weight excluding hydrogens is 224 g/mol. The second-order valence-electron chi connectivity index (χ2n) is 6.84. The van der Waals surface area contributed by atoms with Crippen LogP contribution in [0, 0.1) is 11.8 Å². The predicted molar refractivity (Wildman–Crippen MR) is 72.6 cm³/mol. The summed E-state index contributed by atoms with van der Waals surface area (Å²) in [4.78, 5) is 0. The summed E-state index contributed by atoms with van der Waals surface area (Å²) in [7, 11) is 3.87. The van der Waals surface area contributed by atoms with Crippen LogP contribution in [0.1, 0.15) is 64.2 Å². The fourth-order valence-electron chi connectivity index (χ4n) is 5.23. The lowest BCUT2D eigenvalue weighted by molar-refractivity contribution is -0.210. The average molecular weight is 252 g/mol. The molecule has 18 heavy (non-hydrogen) atoms. The molecule has 4 atom stereocenters. The molecule has 0 radical (unpaired) electrons. The summed E-state index contributed by atoms with van der Waals surface area (Å²) in [6.07, 6.45) is 13.3. The first kappa shape index (κ1) is 12.9. The third-order valence-corrected chi connectivity index (χ3v) is 6.27. The van der Waals surface area contributed by atoms with Gasteiger partial charge in [0.05, 0.1) is 11.2 Å². The third kappa shape index (κ3) is 1.84. The zero-order chi connectivity index (χ0) is 12.6. The quantitative estimate of drug-likeness (QED) is 0.741. The van der Waals surface area contributed by atoms with Gasteiger partial charge in [-0.2, -0.15) is 0 Å². The van der Waals surface area contributed by atoms with Crippen LogP contribution in [0.3, 0.4) is 0 Å². The maximum Gasteiger partial charge on any atom is 0.0734 e. The average Bonchev–Trinajstić information content (AvgIpc) is 2.44. The van der Waals surface area contributed by atoms with E-state index in [1.807, 2.05) is 14.2 Å². The number of ether oxygens (including phenoxy) is 2. The second-order valence-corrected chi connectivity index (χ2v) is 6.84. The number of fused-ring (bicyclic) bond motifs is 2. The van der Waals surface area contributed by atoms with Gasteiger partial charge in [-0.05, 0) is 43.9 Å². The van der Waals surface area contributed by atoms with Crippen molar-refractivity contribution in [1.82, 2.24) is 0 Å². The Morgan fingerprint density at radius 2 is 1.28 bits per heavy atom. The normalized spacial score (nSPS) is 48.3. The first-order valence-electron chi connectivity index (χ1n) is 7.85. The van der Waals surface area contributed by atoms with E-state index in [1.165, 1.54) is 57.8 Å². The van der Waals surface area contributed by atoms with Gasteiger partial charge in [-0.15, -0.1) is 0 Å². The van der Waals surface area contributed by atoms with Crippen LogP contribution < -0.4 is 0 Å². The van der Waals surface area contributed by atoms with Crippen LogP contribution in [-0.2, 0) is 9.47 Å². The SMILES string of the molecule is COC12CCCCC1CC1CCCCC1(OC)C2. The van der Waals surface area contributed by atoms with E-state index < -0.39 is 0 Å². The Bertz CT molecular complexity index is 275. The van der Waals surface area contributed by atoms with Gasteiger partial charge in [-0.1, -0.05) is 25.7 Å². The van der Waals surface area contributed by atoms with Gasteiger partial charge in [0, 0.05) is 20.6 Å². The summed E-state index contributed by atoms with van der Waals surface area (Å²) in [5, 5.41) is 0. The fourth-order valence-corrected chi connectivity index (χ4v) is 5.23. The lowest BCUT2D eigenvalue weighted by Gasteiger charge is -2.58. The van der Waals surface area contributed by atoms with Crippen LogP contribution in [0.5, 0.6) is 0 Å². The molecule has 0 aliphatic heterocycles. The van der Waals surface area contributed by atoms with Gasteiger partial charge in [0.25, 0.3) is 0 Å². The first-order chi connectivity index (χ1) is 8.75. The topological polar surface area (TPSA) is 18.5 Å². The highest BCUT2D eigenvalue weighted by Crippen LogP contribution is 2.56. The molecule has 0 spiro atoms. The van der Waals surface area contributed by atoms with Gasteiger partial charge in [0.2, 0.25) is 0 Å². The molecular formula is C16H28O2. The Kier molecular flexibility index (Phi) is 3.44. The lowest BCUT2D eigenvalue weighted by atomic mass is 9.55. The standard InChI is InChI=1S/C16H28O2/c1-17-15-9-5-3-7-13(15)11-14-8-4-6-10-16(14,12-15)18-2/h13-14H,3-12H2,1-2H3. The molecule has 104 valence electrons. The highest BCUT2D eigenvalue weighted by Gasteiger charge is 2.56. The summed E-state index contributed by atoms with van der Waals surface area (Å²) < 4.78 is 12.2. The van der Waals surface area contributed by atoms with Crippen molar-refractivity contribution in [2.75, 3.05) is 14.2 Å². The van der Waals surface area contributed by atoms with E-state index in [4.69, 9.17) is 9.47 Å². The van der Waals surface area contributed by atoms with Crippen molar-refractivity contribution in [3.8, 4) is 0 Å². The minimum Gasteiger partial charge on any atom is -0.378 e. The molecule has 0 aromatic carbocycles. The van der Waals surface area contributed by atoms with Crippen molar-refractivity contribution < 1.29 is 9.47 Å². The van der Waals surface area contributed by atoms with E-state index in [-0.39, 0.29) is 11.2 Å². The molecule has 0 N–H and O–H groups in total. The van der Waals surface area contributed by atoms with Crippen molar-refractivity contribution >= 4 is 0 Å². The van der Waals surface area contributed by atoms with E-state index in [0.717, 1.165) is 18.3 Å². The molecule has 3 fully saturated rings. The summed E-state index contributed by atoms with van der Waals surface area (Å²) in [6, 6.07) is 0. The molecule has 2 heteroatoms. The monoisotopic (exact) mass is 252 g/mol. The zero-order valence-electron chi connectivity index (χ0n) is 12.0. The molecule has 2 nitrogen and oxygen atoms in total. The molecule has 0 heterocycles. The molecule has 3 aliphatic rings. The summed E-state index contributed by atoms with van der Waals surface area (Å²) in [5.41, 5.74) is 0.282. The zero-order valence-corrected chi connectivity index (χ0v) is 12.0. The van der Waals surface area contributed by atoms with E-state index in [0.29, 0.717) is 0 Å². The van der Waals surface area contributed by atoms with Crippen LogP contribution in [0.4, 0.5) is 0 Å². The second kappa shape index (κ2) is 4.79. The maximum atomic E-state index is 6.08.